The Morgan fingerprint density at radius 1 is 0.862 bits per heavy atom. The molecule has 2 aromatic rings. The zero-order valence-electron chi connectivity index (χ0n) is 16.1. The van der Waals surface area contributed by atoms with Crippen molar-refractivity contribution in [2.45, 2.75) is 6.54 Å². The van der Waals surface area contributed by atoms with Gasteiger partial charge in [0.1, 0.15) is 0 Å². The lowest BCUT2D eigenvalue weighted by Gasteiger charge is -2.42. The van der Waals surface area contributed by atoms with E-state index >= 15 is 0 Å². The fourth-order valence-electron chi connectivity index (χ4n) is 3.84. The van der Waals surface area contributed by atoms with E-state index < -0.39 is 11.6 Å². The SMILES string of the molecule is O=C(c1ccc(F)c(F)c1)N1CC(C(=O)N2CCN(Cc3ccccc3)CC2)C1. The fourth-order valence-corrected chi connectivity index (χ4v) is 3.84. The molecule has 0 saturated carbocycles. The molecule has 5 nitrogen and oxygen atoms in total. The molecule has 2 fully saturated rings. The maximum Gasteiger partial charge on any atom is 0.254 e. The van der Waals surface area contributed by atoms with Crippen molar-refractivity contribution in [2.75, 3.05) is 39.3 Å². The molecule has 0 aliphatic carbocycles. The van der Waals surface area contributed by atoms with Crippen molar-refractivity contribution < 1.29 is 18.4 Å². The lowest BCUT2D eigenvalue weighted by Crippen LogP contribution is -2.59. The van der Waals surface area contributed by atoms with E-state index in [2.05, 4.69) is 17.0 Å². The minimum absolute atomic E-state index is 0.0682. The average molecular weight is 399 g/mol. The highest BCUT2D eigenvalue weighted by atomic mass is 19.2. The van der Waals surface area contributed by atoms with Gasteiger partial charge in [-0.3, -0.25) is 14.5 Å². The Hall–Kier alpha value is -2.80. The van der Waals surface area contributed by atoms with Crippen molar-refractivity contribution in [1.82, 2.24) is 14.7 Å². The first-order chi connectivity index (χ1) is 14.0. The zero-order valence-corrected chi connectivity index (χ0v) is 16.1. The first kappa shape index (κ1) is 19.5. The molecule has 0 N–H and O–H groups in total. The van der Waals surface area contributed by atoms with Crippen LogP contribution >= 0.6 is 0 Å². The van der Waals surface area contributed by atoms with Crippen molar-refractivity contribution in [2.24, 2.45) is 5.92 Å². The topological polar surface area (TPSA) is 43.9 Å². The van der Waals surface area contributed by atoms with Crippen molar-refractivity contribution in [3.05, 3.63) is 71.3 Å². The monoisotopic (exact) mass is 399 g/mol. The van der Waals surface area contributed by atoms with Crippen LogP contribution in [0.15, 0.2) is 48.5 Å². The van der Waals surface area contributed by atoms with E-state index in [-0.39, 0.29) is 23.3 Å². The molecule has 2 aromatic carbocycles. The van der Waals surface area contributed by atoms with Crippen LogP contribution in [0.4, 0.5) is 8.78 Å². The van der Waals surface area contributed by atoms with Crippen molar-refractivity contribution in [3.8, 4) is 0 Å². The standard InChI is InChI=1S/C22H23F2N3O2/c23-19-7-6-17(12-20(19)24)21(28)27-14-18(15-27)22(29)26-10-8-25(9-11-26)13-16-4-2-1-3-5-16/h1-7,12,18H,8-11,13-15H2. The quantitative estimate of drug-likeness (QED) is 0.793. The molecule has 0 radical (unpaired) electrons. The minimum atomic E-state index is -1.04. The first-order valence-electron chi connectivity index (χ1n) is 9.80. The second-order valence-electron chi connectivity index (χ2n) is 7.62. The lowest BCUT2D eigenvalue weighted by molar-refractivity contribution is -0.141. The number of nitrogens with zero attached hydrogens (tertiary/aromatic N) is 3. The van der Waals surface area contributed by atoms with Crippen molar-refractivity contribution in [1.29, 1.82) is 0 Å². The van der Waals surface area contributed by atoms with E-state index in [1.807, 2.05) is 23.1 Å². The Bertz CT molecular complexity index is 892. The molecule has 29 heavy (non-hydrogen) atoms. The maximum absolute atomic E-state index is 13.3. The molecular formula is C22H23F2N3O2. The van der Waals surface area contributed by atoms with E-state index in [0.717, 1.165) is 31.8 Å². The molecule has 2 amide bonds. The van der Waals surface area contributed by atoms with E-state index in [4.69, 9.17) is 0 Å². The number of likely N-dealkylation sites (tertiary alicyclic amines) is 1. The summed E-state index contributed by atoms with van der Waals surface area (Å²) in [6, 6.07) is 13.4. The Morgan fingerprint density at radius 3 is 2.21 bits per heavy atom. The van der Waals surface area contributed by atoms with Gasteiger partial charge in [-0.25, -0.2) is 8.78 Å². The van der Waals surface area contributed by atoms with Crippen LogP contribution in [0, 0.1) is 17.6 Å². The predicted octanol–water partition coefficient (Wildman–Crippen LogP) is 2.38. The highest BCUT2D eigenvalue weighted by Gasteiger charge is 2.39. The molecule has 152 valence electrons. The fraction of sp³-hybridized carbons (Fsp3) is 0.364. The highest BCUT2D eigenvalue weighted by Crippen LogP contribution is 2.22. The van der Waals surface area contributed by atoms with Crippen LogP contribution in [-0.2, 0) is 11.3 Å². The van der Waals surface area contributed by atoms with Crippen LogP contribution < -0.4 is 0 Å². The predicted molar refractivity (Wildman–Crippen MR) is 104 cm³/mol. The van der Waals surface area contributed by atoms with Gasteiger partial charge in [-0.05, 0) is 23.8 Å². The minimum Gasteiger partial charge on any atom is -0.340 e. The summed E-state index contributed by atoms with van der Waals surface area (Å²) in [4.78, 5) is 30.8. The third-order valence-corrected chi connectivity index (χ3v) is 5.62. The maximum atomic E-state index is 13.3. The summed E-state index contributed by atoms with van der Waals surface area (Å²) >= 11 is 0. The van der Waals surface area contributed by atoms with Crippen molar-refractivity contribution >= 4 is 11.8 Å². The summed E-state index contributed by atoms with van der Waals surface area (Å²) in [5.74, 6) is -2.55. The second kappa shape index (κ2) is 8.29. The summed E-state index contributed by atoms with van der Waals surface area (Å²) in [5, 5.41) is 0. The van der Waals surface area contributed by atoms with Crippen molar-refractivity contribution in [3.63, 3.8) is 0 Å². The number of rotatable bonds is 4. The molecule has 4 rings (SSSR count). The summed E-state index contributed by atoms with van der Waals surface area (Å²) in [5.41, 5.74) is 1.36. The van der Waals surface area contributed by atoms with Gasteiger partial charge in [0.2, 0.25) is 5.91 Å². The number of halogens is 2. The zero-order chi connectivity index (χ0) is 20.4. The molecule has 0 atom stereocenters. The molecular weight excluding hydrogens is 376 g/mol. The number of hydrogen-bond acceptors (Lipinski definition) is 3. The van der Waals surface area contributed by atoms with E-state index in [1.165, 1.54) is 16.5 Å². The summed E-state index contributed by atoms with van der Waals surface area (Å²) in [6.07, 6.45) is 0. The van der Waals surface area contributed by atoms with Gasteiger partial charge in [-0.15, -0.1) is 0 Å². The summed E-state index contributed by atoms with van der Waals surface area (Å²) in [6.45, 7) is 4.53. The van der Waals surface area contributed by atoms with Gasteiger partial charge >= 0.3 is 0 Å². The Morgan fingerprint density at radius 2 is 1.55 bits per heavy atom. The van der Waals surface area contributed by atoms with Gasteiger partial charge in [0.15, 0.2) is 11.6 Å². The molecule has 7 heteroatoms. The number of carbonyl (C=O) groups excluding carboxylic acids is 2. The summed E-state index contributed by atoms with van der Waals surface area (Å²) < 4.78 is 26.4. The van der Waals surface area contributed by atoms with Crippen LogP contribution in [0.3, 0.4) is 0 Å². The van der Waals surface area contributed by atoms with Gasteiger partial charge < -0.3 is 9.80 Å². The van der Waals surface area contributed by atoms with Gasteiger partial charge in [-0.2, -0.15) is 0 Å². The van der Waals surface area contributed by atoms with Gasteiger partial charge in [-0.1, -0.05) is 30.3 Å². The summed E-state index contributed by atoms with van der Waals surface area (Å²) in [7, 11) is 0. The highest BCUT2D eigenvalue weighted by molar-refractivity contribution is 5.96. The molecule has 2 aliphatic heterocycles. The first-order valence-corrected chi connectivity index (χ1v) is 9.80. The number of hydrogen-bond donors (Lipinski definition) is 0. The van der Waals surface area contributed by atoms with Crippen LogP contribution in [-0.4, -0.2) is 65.8 Å². The second-order valence-corrected chi connectivity index (χ2v) is 7.62. The van der Waals surface area contributed by atoms with Gasteiger partial charge in [0, 0.05) is 51.4 Å². The van der Waals surface area contributed by atoms with E-state index in [1.54, 1.807) is 0 Å². The molecule has 0 aromatic heterocycles. The smallest absolute Gasteiger partial charge is 0.254 e. The molecule has 0 bridgehead atoms. The van der Waals surface area contributed by atoms with Gasteiger partial charge in [0.25, 0.3) is 5.91 Å². The molecule has 0 spiro atoms. The molecule has 2 saturated heterocycles. The van der Waals surface area contributed by atoms with Crippen LogP contribution in [0.25, 0.3) is 0 Å². The lowest BCUT2D eigenvalue weighted by atomic mass is 9.96. The number of carbonyl (C=O) groups is 2. The Balaban J connectivity index is 1.24. The van der Waals surface area contributed by atoms with E-state index in [0.29, 0.717) is 26.2 Å². The average Bonchev–Trinajstić information content (AvgIpc) is 2.70. The third-order valence-electron chi connectivity index (χ3n) is 5.62. The largest absolute Gasteiger partial charge is 0.340 e. The van der Waals surface area contributed by atoms with Crippen LogP contribution in [0.1, 0.15) is 15.9 Å². The van der Waals surface area contributed by atoms with Crippen LogP contribution in [0.5, 0.6) is 0 Å². The van der Waals surface area contributed by atoms with Gasteiger partial charge in [0.05, 0.1) is 5.92 Å². The van der Waals surface area contributed by atoms with Crippen LogP contribution in [0.2, 0.25) is 0 Å². The number of amides is 2. The molecule has 2 aliphatic rings. The Labute approximate surface area is 168 Å². The number of benzene rings is 2. The normalized spacial score (nSPS) is 17.9. The third kappa shape index (κ3) is 4.29. The Kier molecular flexibility index (Phi) is 5.58. The van der Waals surface area contributed by atoms with E-state index in [9.17, 15) is 18.4 Å². The molecule has 2 heterocycles. The number of piperazine rings is 1. The molecule has 0 unspecified atom stereocenters.